The lowest BCUT2D eigenvalue weighted by atomic mass is 9.92. The second kappa shape index (κ2) is 5.45. The zero-order valence-corrected chi connectivity index (χ0v) is 12.5. The summed E-state index contributed by atoms with van der Waals surface area (Å²) >= 11 is 0. The number of hydrogen-bond donors (Lipinski definition) is 1. The molecule has 0 bridgehead atoms. The molecule has 2 heterocycles. The number of aryl methyl sites for hydroxylation is 2. The van der Waals surface area contributed by atoms with Crippen LogP contribution in [0.15, 0.2) is 18.2 Å². The van der Waals surface area contributed by atoms with Gasteiger partial charge in [0.15, 0.2) is 0 Å². The van der Waals surface area contributed by atoms with Gasteiger partial charge >= 0.3 is 5.97 Å². The summed E-state index contributed by atoms with van der Waals surface area (Å²) in [7, 11) is 2.10. The first-order valence-electron chi connectivity index (χ1n) is 7.36. The first-order chi connectivity index (χ1) is 10.1. The zero-order valence-electron chi connectivity index (χ0n) is 12.5. The molecule has 1 aromatic carbocycles. The normalized spacial score (nSPS) is 15.1. The number of para-hydroxylation sites is 1. The van der Waals surface area contributed by atoms with Crippen LogP contribution in [-0.2, 0) is 24.2 Å². The van der Waals surface area contributed by atoms with Crippen molar-refractivity contribution in [2.24, 2.45) is 0 Å². The number of fused-ring (bicyclic) bond motifs is 2. The number of carbonyl (C=O) groups is 1. The van der Waals surface area contributed by atoms with Gasteiger partial charge in [-0.15, -0.1) is 0 Å². The van der Waals surface area contributed by atoms with Crippen LogP contribution in [0.2, 0.25) is 0 Å². The number of carboxylic acids is 1. The van der Waals surface area contributed by atoms with Crippen LogP contribution in [-0.4, -0.2) is 34.6 Å². The average molecular weight is 284 g/mol. The highest BCUT2D eigenvalue weighted by Crippen LogP contribution is 2.30. The Bertz CT molecular complexity index is 709. The molecule has 110 valence electrons. The van der Waals surface area contributed by atoms with E-state index in [-0.39, 0.29) is 6.42 Å². The average Bonchev–Trinajstić information content (AvgIpc) is 2.44. The van der Waals surface area contributed by atoms with Gasteiger partial charge in [-0.05, 0) is 37.1 Å². The number of rotatable bonds is 3. The molecule has 1 N–H and O–H groups in total. The Morgan fingerprint density at radius 3 is 3.00 bits per heavy atom. The van der Waals surface area contributed by atoms with E-state index >= 15 is 0 Å². The summed E-state index contributed by atoms with van der Waals surface area (Å²) in [6.45, 7) is 3.94. The molecule has 1 aliphatic heterocycles. The number of aromatic nitrogens is 1. The highest BCUT2D eigenvalue weighted by Gasteiger charge is 2.21. The molecular weight excluding hydrogens is 264 g/mol. The van der Waals surface area contributed by atoms with Crippen LogP contribution in [0.3, 0.4) is 0 Å². The van der Waals surface area contributed by atoms with Gasteiger partial charge in [-0.3, -0.25) is 9.78 Å². The third kappa shape index (κ3) is 2.63. The highest BCUT2D eigenvalue weighted by atomic mass is 16.4. The molecule has 1 aliphatic rings. The molecule has 21 heavy (non-hydrogen) atoms. The number of hydrogen-bond acceptors (Lipinski definition) is 3. The molecule has 0 unspecified atom stereocenters. The van der Waals surface area contributed by atoms with Gasteiger partial charge in [0.05, 0.1) is 5.52 Å². The molecule has 3 rings (SSSR count). The molecule has 0 spiro atoms. The van der Waals surface area contributed by atoms with Gasteiger partial charge in [-0.25, -0.2) is 0 Å². The van der Waals surface area contributed by atoms with E-state index in [0.29, 0.717) is 6.42 Å². The first-order valence-corrected chi connectivity index (χ1v) is 7.36. The fraction of sp³-hybridized carbons (Fsp3) is 0.412. The van der Waals surface area contributed by atoms with Crippen molar-refractivity contribution in [1.82, 2.24) is 9.88 Å². The zero-order chi connectivity index (χ0) is 15.0. The Hall–Kier alpha value is -1.94. The van der Waals surface area contributed by atoms with Gasteiger partial charge < -0.3 is 10.0 Å². The third-order valence-corrected chi connectivity index (χ3v) is 4.27. The number of aliphatic carboxylic acids is 1. The Kier molecular flexibility index (Phi) is 3.64. The van der Waals surface area contributed by atoms with Crippen molar-refractivity contribution in [3.63, 3.8) is 0 Å². The van der Waals surface area contributed by atoms with Crippen molar-refractivity contribution in [1.29, 1.82) is 0 Å². The number of likely N-dealkylation sites (N-methyl/N-ethyl adjacent to an activating group) is 1. The van der Waals surface area contributed by atoms with Crippen molar-refractivity contribution < 1.29 is 9.90 Å². The van der Waals surface area contributed by atoms with E-state index in [2.05, 4.69) is 31.0 Å². The molecule has 0 aliphatic carbocycles. The largest absolute Gasteiger partial charge is 0.481 e. The molecule has 0 radical (unpaired) electrons. The van der Waals surface area contributed by atoms with E-state index in [1.54, 1.807) is 0 Å². The van der Waals surface area contributed by atoms with E-state index < -0.39 is 5.97 Å². The van der Waals surface area contributed by atoms with E-state index in [1.165, 1.54) is 11.1 Å². The molecule has 4 heteroatoms. The van der Waals surface area contributed by atoms with Crippen molar-refractivity contribution in [3.8, 4) is 0 Å². The second-order valence-electron chi connectivity index (χ2n) is 5.87. The summed E-state index contributed by atoms with van der Waals surface area (Å²) < 4.78 is 0. The minimum atomic E-state index is -0.745. The molecule has 1 aromatic heterocycles. The Balaban J connectivity index is 2.20. The van der Waals surface area contributed by atoms with Crippen LogP contribution in [0, 0.1) is 6.92 Å². The van der Waals surface area contributed by atoms with Gasteiger partial charge in [0.25, 0.3) is 0 Å². The SMILES string of the molecule is Cc1cccc2c(CCC(=O)O)c3c(nc12)CCN(C)C3. The Morgan fingerprint density at radius 2 is 2.24 bits per heavy atom. The summed E-state index contributed by atoms with van der Waals surface area (Å²) in [5, 5.41) is 10.1. The molecule has 0 fully saturated rings. The van der Waals surface area contributed by atoms with E-state index in [4.69, 9.17) is 10.1 Å². The Labute approximate surface area is 124 Å². The fourth-order valence-corrected chi connectivity index (χ4v) is 3.15. The molecule has 0 atom stereocenters. The van der Waals surface area contributed by atoms with Gasteiger partial charge in [-0.2, -0.15) is 0 Å². The predicted molar refractivity (Wildman–Crippen MR) is 82.5 cm³/mol. The van der Waals surface area contributed by atoms with Crippen molar-refractivity contribution >= 4 is 16.9 Å². The summed E-state index contributed by atoms with van der Waals surface area (Å²) in [5.74, 6) is -0.745. The highest BCUT2D eigenvalue weighted by molar-refractivity contribution is 5.87. The van der Waals surface area contributed by atoms with Gasteiger partial charge in [0.2, 0.25) is 0 Å². The molecule has 2 aromatic rings. The van der Waals surface area contributed by atoms with Gasteiger partial charge in [0, 0.05) is 37.0 Å². The second-order valence-corrected chi connectivity index (χ2v) is 5.87. The van der Waals surface area contributed by atoms with E-state index in [9.17, 15) is 4.79 Å². The lowest BCUT2D eigenvalue weighted by Gasteiger charge is -2.27. The van der Waals surface area contributed by atoms with Crippen LogP contribution in [0.5, 0.6) is 0 Å². The van der Waals surface area contributed by atoms with Crippen molar-refractivity contribution in [2.45, 2.75) is 32.7 Å². The van der Waals surface area contributed by atoms with Crippen molar-refractivity contribution in [2.75, 3.05) is 13.6 Å². The minimum absolute atomic E-state index is 0.170. The molecule has 4 nitrogen and oxygen atoms in total. The standard InChI is InChI=1S/C17H20N2O2/c1-11-4-3-5-13-12(6-7-16(20)21)14-10-19(2)9-8-15(14)18-17(11)13/h3-5H,6-10H2,1-2H3,(H,20,21). The maximum Gasteiger partial charge on any atom is 0.303 e. The summed E-state index contributed by atoms with van der Waals surface area (Å²) in [6, 6.07) is 6.17. The summed E-state index contributed by atoms with van der Waals surface area (Å²) in [5.41, 5.74) is 5.75. The van der Waals surface area contributed by atoms with Crippen LogP contribution < -0.4 is 0 Å². The maximum absolute atomic E-state index is 11.0. The first kappa shape index (κ1) is 14.0. The number of pyridine rings is 1. The lowest BCUT2D eigenvalue weighted by molar-refractivity contribution is -0.136. The smallest absolute Gasteiger partial charge is 0.303 e. The van der Waals surface area contributed by atoms with E-state index in [0.717, 1.165) is 41.7 Å². The molecular formula is C17H20N2O2. The maximum atomic E-state index is 11.0. The predicted octanol–water partition coefficient (Wildman–Crippen LogP) is 2.55. The monoisotopic (exact) mass is 284 g/mol. The van der Waals surface area contributed by atoms with Crippen LogP contribution in [0.4, 0.5) is 0 Å². The Morgan fingerprint density at radius 1 is 1.43 bits per heavy atom. The topological polar surface area (TPSA) is 53.4 Å². The number of benzene rings is 1. The minimum Gasteiger partial charge on any atom is -0.481 e. The third-order valence-electron chi connectivity index (χ3n) is 4.27. The fourth-order valence-electron chi connectivity index (χ4n) is 3.15. The van der Waals surface area contributed by atoms with Gasteiger partial charge in [0.1, 0.15) is 0 Å². The summed E-state index contributed by atoms with van der Waals surface area (Å²) in [6.07, 6.45) is 1.69. The lowest BCUT2D eigenvalue weighted by Crippen LogP contribution is -2.28. The quantitative estimate of drug-likeness (QED) is 0.941. The van der Waals surface area contributed by atoms with Crippen LogP contribution in [0.25, 0.3) is 10.9 Å². The van der Waals surface area contributed by atoms with Gasteiger partial charge in [-0.1, -0.05) is 18.2 Å². The molecule has 0 saturated carbocycles. The number of nitrogens with zero attached hydrogens (tertiary/aromatic N) is 2. The molecule has 0 saturated heterocycles. The van der Waals surface area contributed by atoms with E-state index in [1.807, 2.05) is 6.07 Å². The molecule has 0 amide bonds. The summed E-state index contributed by atoms with van der Waals surface area (Å²) in [4.78, 5) is 18.1. The van der Waals surface area contributed by atoms with Crippen LogP contribution >= 0.6 is 0 Å². The number of carboxylic acid groups (broad SMARTS) is 1. The van der Waals surface area contributed by atoms with Crippen molar-refractivity contribution in [3.05, 3.63) is 40.6 Å². The van der Waals surface area contributed by atoms with Crippen LogP contribution in [0.1, 0.15) is 28.8 Å².